The highest BCUT2D eigenvalue weighted by molar-refractivity contribution is 6.28. The van der Waals surface area contributed by atoms with Crippen LogP contribution in [0.2, 0.25) is 5.28 Å². The van der Waals surface area contributed by atoms with Gasteiger partial charge in [0.25, 0.3) is 0 Å². The van der Waals surface area contributed by atoms with Crippen LogP contribution in [0.1, 0.15) is 46.0 Å². The van der Waals surface area contributed by atoms with Crippen molar-refractivity contribution in [3.05, 3.63) is 5.28 Å². The van der Waals surface area contributed by atoms with E-state index in [4.69, 9.17) is 11.6 Å². The van der Waals surface area contributed by atoms with Crippen LogP contribution in [0.4, 0.5) is 11.9 Å². The van der Waals surface area contributed by atoms with Gasteiger partial charge < -0.3 is 10.2 Å². The molecule has 0 spiro atoms. The third-order valence-corrected chi connectivity index (χ3v) is 3.65. The minimum Gasteiger partial charge on any atom is -0.354 e. The molecular weight excluding hydrogens is 262 g/mol. The zero-order chi connectivity index (χ0) is 13.7. The molecule has 0 aliphatic carbocycles. The molecule has 1 fully saturated rings. The molecular formula is C13H22ClN5. The van der Waals surface area contributed by atoms with Crippen LogP contribution in [0.3, 0.4) is 0 Å². The molecule has 0 amide bonds. The van der Waals surface area contributed by atoms with Gasteiger partial charge in [-0.3, -0.25) is 0 Å². The number of rotatable bonds is 5. The van der Waals surface area contributed by atoms with Gasteiger partial charge in [0.05, 0.1) is 0 Å². The molecule has 1 atom stereocenters. The van der Waals surface area contributed by atoms with Crippen molar-refractivity contribution in [2.75, 3.05) is 23.3 Å². The molecule has 2 rings (SSSR count). The number of hydrogen-bond donors (Lipinski definition) is 1. The lowest BCUT2D eigenvalue weighted by molar-refractivity contribution is 0.443. The van der Waals surface area contributed by atoms with E-state index in [1.165, 1.54) is 19.3 Å². The molecule has 1 aromatic heterocycles. The minimum absolute atomic E-state index is 0.268. The first-order valence-corrected chi connectivity index (χ1v) is 7.54. The Balaban J connectivity index is 2.19. The van der Waals surface area contributed by atoms with Gasteiger partial charge in [-0.05, 0) is 43.7 Å². The summed E-state index contributed by atoms with van der Waals surface area (Å²) in [6.07, 6.45) is 5.82. The molecule has 1 aromatic rings. The normalized spacial score (nSPS) is 19.5. The molecule has 5 nitrogen and oxygen atoms in total. The standard InChI is InChI=1S/C13H22ClN5/c1-3-8-15-12-16-11(14)17-13(18-12)19-9-6-5-7-10(19)4-2/h10H,3-9H2,1-2H3,(H,15,16,17,18). The minimum atomic E-state index is 0.268. The van der Waals surface area contributed by atoms with Crippen LogP contribution in [0, 0.1) is 0 Å². The molecule has 0 bridgehead atoms. The number of piperidine rings is 1. The number of nitrogens with zero attached hydrogens (tertiary/aromatic N) is 4. The second-order valence-corrected chi connectivity index (χ2v) is 5.24. The molecule has 1 saturated heterocycles. The SMILES string of the molecule is CCCNc1nc(Cl)nc(N2CCCCC2CC)n1. The quantitative estimate of drug-likeness (QED) is 0.900. The van der Waals surface area contributed by atoms with E-state index in [-0.39, 0.29) is 5.28 Å². The van der Waals surface area contributed by atoms with E-state index in [9.17, 15) is 0 Å². The van der Waals surface area contributed by atoms with E-state index in [1.807, 2.05) is 0 Å². The molecule has 1 unspecified atom stereocenters. The third-order valence-electron chi connectivity index (χ3n) is 3.48. The van der Waals surface area contributed by atoms with Gasteiger partial charge in [-0.15, -0.1) is 0 Å². The maximum Gasteiger partial charge on any atom is 0.231 e. The van der Waals surface area contributed by atoms with Gasteiger partial charge in [0.15, 0.2) is 0 Å². The summed E-state index contributed by atoms with van der Waals surface area (Å²) in [6, 6.07) is 0.520. The number of hydrogen-bond acceptors (Lipinski definition) is 5. The third kappa shape index (κ3) is 3.69. The fourth-order valence-corrected chi connectivity index (χ4v) is 2.63. The molecule has 19 heavy (non-hydrogen) atoms. The lowest BCUT2D eigenvalue weighted by atomic mass is 10.0. The fraction of sp³-hybridized carbons (Fsp3) is 0.769. The summed E-state index contributed by atoms with van der Waals surface area (Å²) < 4.78 is 0. The largest absolute Gasteiger partial charge is 0.354 e. The lowest BCUT2D eigenvalue weighted by Crippen LogP contribution is -2.40. The van der Waals surface area contributed by atoms with Crippen molar-refractivity contribution in [2.24, 2.45) is 0 Å². The predicted octanol–water partition coefficient (Wildman–Crippen LogP) is 3.12. The second kappa shape index (κ2) is 6.89. The van der Waals surface area contributed by atoms with Crippen molar-refractivity contribution >= 4 is 23.5 Å². The van der Waals surface area contributed by atoms with Crippen molar-refractivity contribution in [3.63, 3.8) is 0 Å². The molecule has 2 heterocycles. The Morgan fingerprint density at radius 1 is 1.26 bits per heavy atom. The molecule has 0 radical (unpaired) electrons. The zero-order valence-corrected chi connectivity index (χ0v) is 12.4. The molecule has 1 aliphatic rings. The van der Waals surface area contributed by atoms with Crippen LogP contribution in [-0.2, 0) is 0 Å². The van der Waals surface area contributed by atoms with Gasteiger partial charge in [0, 0.05) is 19.1 Å². The van der Waals surface area contributed by atoms with Crippen molar-refractivity contribution in [3.8, 4) is 0 Å². The van der Waals surface area contributed by atoms with Crippen LogP contribution >= 0.6 is 11.6 Å². The first-order chi connectivity index (χ1) is 9.24. The maximum atomic E-state index is 6.01. The summed E-state index contributed by atoms with van der Waals surface area (Å²) in [5, 5.41) is 3.44. The van der Waals surface area contributed by atoms with E-state index < -0.39 is 0 Å². The van der Waals surface area contributed by atoms with Crippen molar-refractivity contribution in [1.29, 1.82) is 0 Å². The molecule has 106 valence electrons. The Kier molecular flexibility index (Phi) is 5.19. The van der Waals surface area contributed by atoms with Gasteiger partial charge in [0.1, 0.15) is 0 Å². The van der Waals surface area contributed by atoms with Crippen LogP contribution in [0.25, 0.3) is 0 Å². The van der Waals surface area contributed by atoms with Crippen LogP contribution < -0.4 is 10.2 Å². The first-order valence-electron chi connectivity index (χ1n) is 7.16. The molecule has 1 aliphatic heterocycles. The van der Waals surface area contributed by atoms with E-state index >= 15 is 0 Å². The first kappa shape index (κ1) is 14.3. The summed E-state index contributed by atoms with van der Waals surface area (Å²) in [7, 11) is 0. The Morgan fingerprint density at radius 3 is 2.84 bits per heavy atom. The highest BCUT2D eigenvalue weighted by Crippen LogP contribution is 2.25. The highest BCUT2D eigenvalue weighted by Gasteiger charge is 2.24. The Morgan fingerprint density at radius 2 is 2.11 bits per heavy atom. The average Bonchev–Trinajstić information content (AvgIpc) is 2.44. The highest BCUT2D eigenvalue weighted by atomic mass is 35.5. The van der Waals surface area contributed by atoms with E-state index in [0.29, 0.717) is 17.9 Å². The van der Waals surface area contributed by atoms with Crippen molar-refractivity contribution in [1.82, 2.24) is 15.0 Å². The van der Waals surface area contributed by atoms with Gasteiger partial charge in [0.2, 0.25) is 17.2 Å². The van der Waals surface area contributed by atoms with Crippen LogP contribution in [0.15, 0.2) is 0 Å². The smallest absolute Gasteiger partial charge is 0.231 e. The molecule has 1 N–H and O–H groups in total. The molecule has 0 aromatic carbocycles. The van der Waals surface area contributed by atoms with Crippen molar-refractivity contribution in [2.45, 2.75) is 52.0 Å². The molecule has 6 heteroatoms. The number of halogens is 1. The van der Waals surface area contributed by atoms with Crippen molar-refractivity contribution < 1.29 is 0 Å². The summed E-state index contributed by atoms with van der Waals surface area (Å²) >= 11 is 6.01. The zero-order valence-electron chi connectivity index (χ0n) is 11.7. The van der Waals surface area contributed by atoms with E-state index in [1.54, 1.807) is 0 Å². The lowest BCUT2D eigenvalue weighted by Gasteiger charge is -2.35. The van der Waals surface area contributed by atoms with Gasteiger partial charge in [-0.2, -0.15) is 15.0 Å². The van der Waals surface area contributed by atoms with Crippen LogP contribution in [0.5, 0.6) is 0 Å². The average molecular weight is 284 g/mol. The van der Waals surface area contributed by atoms with Gasteiger partial charge in [-0.1, -0.05) is 13.8 Å². The second-order valence-electron chi connectivity index (χ2n) is 4.91. The summed E-state index contributed by atoms with van der Waals surface area (Å²) in [6.45, 7) is 6.17. The Hall–Kier alpha value is -1.10. The van der Waals surface area contributed by atoms with E-state index in [0.717, 1.165) is 25.9 Å². The fourth-order valence-electron chi connectivity index (χ4n) is 2.47. The maximum absolute atomic E-state index is 6.01. The molecule has 0 saturated carbocycles. The summed E-state index contributed by atoms with van der Waals surface area (Å²) in [5.74, 6) is 1.29. The summed E-state index contributed by atoms with van der Waals surface area (Å²) in [5.41, 5.74) is 0. The Labute approximate surface area is 119 Å². The van der Waals surface area contributed by atoms with Crippen LogP contribution in [-0.4, -0.2) is 34.1 Å². The predicted molar refractivity (Wildman–Crippen MR) is 78.9 cm³/mol. The number of aromatic nitrogens is 3. The Bertz CT molecular complexity index is 412. The number of anilines is 2. The monoisotopic (exact) mass is 283 g/mol. The van der Waals surface area contributed by atoms with Gasteiger partial charge in [-0.25, -0.2) is 0 Å². The van der Waals surface area contributed by atoms with Gasteiger partial charge >= 0.3 is 0 Å². The number of nitrogens with one attached hydrogen (secondary N) is 1. The topological polar surface area (TPSA) is 53.9 Å². The van der Waals surface area contributed by atoms with E-state index in [2.05, 4.69) is 39.0 Å². The summed E-state index contributed by atoms with van der Waals surface area (Å²) in [4.78, 5) is 15.2.